The highest BCUT2D eigenvalue weighted by molar-refractivity contribution is 5.83. The van der Waals surface area contributed by atoms with Gasteiger partial charge in [0.2, 0.25) is 0 Å². The molecule has 3 atom stereocenters. The Balaban J connectivity index is 1.32. The highest BCUT2D eigenvalue weighted by atomic mass is 16.6. The lowest BCUT2D eigenvalue weighted by atomic mass is 9.98. The zero-order chi connectivity index (χ0) is 23.4. The van der Waals surface area contributed by atoms with Crippen LogP contribution in [0.15, 0.2) is 48.5 Å². The first-order valence-corrected chi connectivity index (χ1v) is 11.2. The largest absolute Gasteiger partial charge is 0.481 e. The fraction of sp³-hybridized carbons (Fsp3) is 0.400. The van der Waals surface area contributed by atoms with Gasteiger partial charge < -0.3 is 25.2 Å². The maximum atomic E-state index is 12.6. The molecule has 1 aliphatic carbocycles. The molecule has 8 heteroatoms. The molecule has 1 fully saturated rings. The second-order valence-electron chi connectivity index (χ2n) is 8.50. The van der Waals surface area contributed by atoms with Crippen molar-refractivity contribution in [2.24, 2.45) is 0 Å². The summed E-state index contributed by atoms with van der Waals surface area (Å²) >= 11 is 0. The Labute approximate surface area is 192 Å². The molecule has 1 heterocycles. The van der Waals surface area contributed by atoms with Crippen molar-refractivity contribution in [2.45, 2.75) is 50.3 Å². The van der Waals surface area contributed by atoms with Gasteiger partial charge in [0.1, 0.15) is 6.61 Å². The summed E-state index contributed by atoms with van der Waals surface area (Å²) in [7, 11) is 0. The van der Waals surface area contributed by atoms with Crippen LogP contribution in [0.4, 0.5) is 4.79 Å². The number of carbonyl (C=O) groups is 3. The SMILES string of the molecule is CC(CCC(=O)O)NC(=O)[C@@H]1OCC[C@@H]1NC(=O)OCC1c2ccccc2-c2ccccc21. The maximum absolute atomic E-state index is 12.6. The van der Waals surface area contributed by atoms with Crippen molar-refractivity contribution in [3.63, 3.8) is 0 Å². The highest BCUT2D eigenvalue weighted by Gasteiger charge is 2.36. The van der Waals surface area contributed by atoms with E-state index in [1.54, 1.807) is 6.92 Å². The summed E-state index contributed by atoms with van der Waals surface area (Å²) < 4.78 is 11.1. The lowest BCUT2D eigenvalue weighted by molar-refractivity contribution is -0.138. The molecular formula is C25H28N2O6. The van der Waals surface area contributed by atoms with Crippen LogP contribution in [0.25, 0.3) is 11.1 Å². The molecule has 1 saturated heterocycles. The van der Waals surface area contributed by atoms with E-state index in [1.807, 2.05) is 24.3 Å². The third-order valence-electron chi connectivity index (χ3n) is 6.18. The van der Waals surface area contributed by atoms with Crippen LogP contribution >= 0.6 is 0 Å². The van der Waals surface area contributed by atoms with Crippen LogP contribution in [0.3, 0.4) is 0 Å². The third kappa shape index (κ3) is 5.17. The number of carbonyl (C=O) groups excluding carboxylic acids is 2. The van der Waals surface area contributed by atoms with Gasteiger partial charge in [-0.25, -0.2) is 4.79 Å². The Kier molecular flexibility index (Phi) is 6.93. The Hall–Kier alpha value is -3.39. The van der Waals surface area contributed by atoms with E-state index in [-0.39, 0.29) is 30.9 Å². The normalized spacial score (nSPS) is 19.9. The topological polar surface area (TPSA) is 114 Å². The maximum Gasteiger partial charge on any atom is 0.407 e. The zero-order valence-corrected chi connectivity index (χ0v) is 18.5. The summed E-state index contributed by atoms with van der Waals surface area (Å²) in [6, 6.07) is 15.4. The second-order valence-corrected chi connectivity index (χ2v) is 8.50. The third-order valence-corrected chi connectivity index (χ3v) is 6.18. The van der Waals surface area contributed by atoms with E-state index < -0.39 is 24.2 Å². The molecule has 2 aromatic rings. The first kappa shape index (κ1) is 22.8. The smallest absolute Gasteiger partial charge is 0.407 e. The summed E-state index contributed by atoms with van der Waals surface area (Å²) in [5, 5.41) is 14.3. The summed E-state index contributed by atoms with van der Waals surface area (Å²) in [5.41, 5.74) is 4.56. The van der Waals surface area contributed by atoms with Crippen molar-refractivity contribution in [1.29, 1.82) is 0 Å². The van der Waals surface area contributed by atoms with Gasteiger partial charge in [0.05, 0.1) is 6.04 Å². The Morgan fingerprint density at radius 2 is 1.73 bits per heavy atom. The van der Waals surface area contributed by atoms with Crippen molar-refractivity contribution in [3.8, 4) is 11.1 Å². The molecule has 3 N–H and O–H groups in total. The monoisotopic (exact) mass is 452 g/mol. The molecule has 0 bridgehead atoms. The van der Waals surface area contributed by atoms with Gasteiger partial charge >= 0.3 is 12.1 Å². The predicted octanol–water partition coefficient (Wildman–Crippen LogP) is 3.05. The van der Waals surface area contributed by atoms with E-state index in [2.05, 4.69) is 34.9 Å². The molecule has 2 aromatic carbocycles. The summed E-state index contributed by atoms with van der Waals surface area (Å²) in [4.78, 5) is 35.8. The molecule has 33 heavy (non-hydrogen) atoms. The number of nitrogens with one attached hydrogen (secondary N) is 2. The molecule has 0 radical (unpaired) electrons. The van der Waals surface area contributed by atoms with Crippen molar-refractivity contribution < 1.29 is 29.0 Å². The molecular weight excluding hydrogens is 424 g/mol. The predicted molar refractivity (Wildman–Crippen MR) is 121 cm³/mol. The number of ether oxygens (including phenoxy) is 2. The number of fused-ring (bicyclic) bond motifs is 3. The van der Waals surface area contributed by atoms with Gasteiger partial charge in [-0.05, 0) is 42.0 Å². The van der Waals surface area contributed by atoms with Crippen LogP contribution in [-0.2, 0) is 19.1 Å². The van der Waals surface area contributed by atoms with Crippen LogP contribution in [-0.4, -0.2) is 54.5 Å². The molecule has 8 nitrogen and oxygen atoms in total. The van der Waals surface area contributed by atoms with Crippen LogP contribution < -0.4 is 10.6 Å². The number of hydrogen-bond donors (Lipinski definition) is 3. The van der Waals surface area contributed by atoms with Crippen molar-refractivity contribution in [2.75, 3.05) is 13.2 Å². The standard InChI is InChI=1S/C25H28N2O6/c1-15(10-11-22(28)29)26-24(30)23-21(12-13-32-23)27-25(31)33-14-20-18-8-4-2-6-16(18)17-7-3-5-9-19(17)20/h2-9,15,20-21,23H,10-14H2,1H3,(H,26,30)(H,27,31)(H,28,29)/t15?,21-,23+/m0/s1. The summed E-state index contributed by atoms with van der Waals surface area (Å²) in [5.74, 6) is -1.32. The Morgan fingerprint density at radius 3 is 2.36 bits per heavy atom. The quantitative estimate of drug-likeness (QED) is 0.567. The van der Waals surface area contributed by atoms with Gasteiger partial charge in [-0.1, -0.05) is 48.5 Å². The zero-order valence-electron chi connectivity index (χ0n) is 18.5. The van der Waals surface area contributed by atoms with Gasteiger partial charge in [0, 0.05) is 25.0 Å². The number of aliphatic carboxylic acids is 1. The summed E-state index contributed by atoms with van der Waals surface area (Å²) in [6.45, 7) is 2.27. The average Bonchev–Trinajstić information content (AvgIpc) is 3.39. The minimum absolute atomic E-state index is 0.0333. The van der Waals surface area contributed by atoms with Gasteiger partial charge in [0.15, 0.2) is 6.10 Å². The van der Waals surface area contributed by atoms with Gasteiger partial charge in [-0.3, -0.25) is 9.59 Å². The molecule has 0 spiro atoms. The number of alkyl carbamates (subject to hydrolysis) is 1. The minimum atomic E-state index is -0.914. The van der Waals surface area contributed by atoms with E-state index >= 15 is 0 Å². The number of hydrogen-bond acceptors (Lipinski definition) is 5. The van der Waals surface area contributed by atoms with Gasteiger partial charge in [-0.2, -0.15) is 0 Å². The van der Waals surface area contributed by atoms with Crippen molar-refractivity contribution >= 4 is 18.0 Å². The van der Waals surface area contributed by atoms with Gasteiger partial charge in [-0.15, -0.1) is 0 Å². The van der Waals surface area contributed by atoms with E-state index in [9.17, 15) is 14.4 Å². The molecule has 174 valence electrons. The number of benzene rings is 2. The molecule has 4 rings (SSSR count). The Morgan fingerprint density at radius 1 is 1.09 bits per heavy atom. The van der Waals surface area contributed by atoms with Crippen LogP contribution in [0.5, 0.6) is 0 Å². The van der Waals surface area contributed by atoms with E-state index in [0.29, 0.717) is 19.4 Å². The molecule has 2 amide bonds. The molecule has 0 aromatic heterocycles. The fourth-order valence-electron chi connectivity index (χ4n) is 4.52. The first-order valence-electron chi connectivity index (χ1n) is 11.2. The van der Waals surface area contributed by atoms with Crippen molar-refractivity contribution in [3.05, 3.63) is 59.7 Å². The fourth-order valence-corrected chi connectivity index (χ4v) is 4.52. The summed E-state index contributed by atoms with van der Waals surface area (Å²) in [6.07, 6.45) is -0.653. The lowest BCUT2D eigenvalue weighted by Gasteiger charge is -2.22. The van der Waals surface area contributed by atoms with Crippen LogP contribution in [0.2, 0.25) is 0 Å². The van der Waals surface area contributed by atoms with E-state index in [0.717, 1.165) is 22.3 Å². The average molecular weight is 453 g/mol. The van der Waals surface area contributed by atoms with Crippen LogP contribution in [0, 0.1) is 0 Å². The first-order chi connectivity index (χ1) is 15.9. The molecule has 2 aliphatic rings. The highest BCUT2D eigenvalue weighted by Crippen LogP contribution is 2.44. The second kappa shape index (κ2) is 10.0. The number of carboxylic acid groups (broad SMARTS) is 1. The van der Waals surface area contributed by atoms with E-state index in [1.165, 1.54) is 0 Å². The number of amides is 2. The molecule has 1 aliphatic heterocycles. The minimum Gasteiger partial charge on any atom is -0.481 e. The van der Waals surface area contributed by atoms with E-state index in [4.69, 9.17) is 14.6 Å². The number of carboxylic acids is 1. The van der Waals surface area contributed by atoms with Crippen LogP contribution in [0.1, 0.15) is 43.2 Å². The van der Waals surface area contributed by atoms with Gasteiger partial charge in [0.25, 0.3) is 5.91 Å². The molecule has 0 saturated carbocycles. The Bertz CT molecular complexity index is 994. The van der Waals surface area contributed by atoms with Crippen molar-refractivity contribution in [1.82, 2.24) is 10.6 Å². The lowest BCUT2D eigenvalue weighted by Crippen LogP contribution is -2.50. The number of rotatable bonds is 8. The molecule has 1 unspecified atom stereocenters.